The quantitative estimate of drug-likeness (QED) is 0.275. The van der Waals surface area contributed by atoms with E-state index in [2.05, 4.69) is 21.2 Å². The van der Waals surface area contributed by atoms with Crippen molar-refractivity contribution in [2.75, 3.05) is 5.75 Å². The van der Waals surface area contributed by atoms with Crippen LogP contribution >= 0.6 is 11.8 Å². The molecule has 0 aliphatic rings. The fourth-order valence-corrected chi connectivity index (χ4v) is 1.93. The fraction of sp³-hybridized carbons (Fsp3) is 0.0833. The molecule has 2 aromatic rings. The zero-order valence-electron chi connectivity index (χ0n) is 10.2. The first-order valence-electron chi connectivity index (χ1n) is 5.46. The molecule has 1 aromatic heterocycles. The number of hydrogen-bond acceptors (Lipinski definition) is 6. The Balaban J connectivity index is 2.24. The topological polar surface area (TPSA) is 86.2 Å². The molecule has 2 rings (SSSR count). The van der Waals surface area contributed by atoms with Crippen LogP contribution in [0.2, 0.25) is 0 Å². The summed E-state index contributed by atoms with van der Waals surface area (Å²) >= 11 is 1.30. The monoisotopic (exact) mass is 287 g/mol. The summed E-state index contributed by atoms with van der Waals surface area (Å²) in [5.41, 5.74) is 0.390. The zero-order chi connectivity index (χ0) is 14.4. The second-order valence-electron chi connectivity index (χ2n) is 3.51. The highest BCUT2D eigenvalue weighted by Gasteiger charge is 2.10. The Morgan fingerprint density at radius 3 is 3.10 bits per heavy atom. The van der Waals surface area contributed by atoms with Crippen molar-refractivity contribution in [3.63, 3.8) is 0 Å². The minimum atomic E-state index is -0.457. The number of nitrogens with zero attached hydrogens (tertiary/aromatic N) is 5. The van der Waals surface area contributed by atoms with Gasteiger partial charge in [0.15, 0.2) is 0 Å². The Labute approximate surface area is 118 Å². The second-order valence-corrected chi connectivity index (χ2v) is 4.45. The summed E-state index contributed by atoms with van der Waals surface area (Å²) in [4.78, 5) is 10.4. The van der Waals surface area contributed by atoms with Crippen LogP contribution < -0.4 is 0 Å². The van der Waals surface area contributed by atoms with Crippen LogP contribution in [0.4, 0.5) is 5.69 Å². The van der Waals surface area contributed by atoms with Crippen molar-refractivity contribution in [3.8, 4) is 12.3 Å². The molecule has 0 unspecified atom stereocenters. The predicted octanol–water partition coefficient (Wildman–Crippen LogP) is 1.79. The van der Waals surface area contributed by atoms with E-state index in [9.17, 15) is 10.1 Å². The molecule has 0 saturated heterocycles. The van der Waals surface area contributed by atoms with E-state index in [1.807, 2.05) is 0 Å². The van der Waals surface area contributed by atoms with Crippen LogP contribution in [0.5, 0.6) is 0 Å². The van der Waals surface area contributed by atoms with Crippen molar-refractivity contribution in [2.24, 2.45) is 5.10 Å². The van der Waals surface area contributed by atoms with E-state index in [1.165, 1.54) is 35.0 Å². The molecular weight excluding hydrogens is 278 g/mol. The Kier molecular flexibility index (Phi) is 4.47. The molecule has 1 aromatic carbocycles. The first-order chi connectivity index (χ1) is 9.72. The van der Waals surface area contributed by atoms with Gasteiger partial charge in [0.1, 0.15) is 6.33 Å². The maximum atomic E-state index is 10.9. The van der Waals surface area contributed by atoms with Gasteiger partial charge in [-0.3, -0.25) is 10.1 Å². The first kappa shape index (κ1) is 13.8. The summed E-state index contributed by atoms with van der Waals surface area (Å²) in [5, 5.41) is 23.1. The van der Waals surface area contributed by atoms with Crippen LogP contribution in [0.1, 0.15) is 5.56 Å². The lowest BCUT2D eigenvalue weighted by atomic mass is 10.2. The van der Waals surface area contributed by atoms with E-state index in [1.54, 1.807) is 18.2 Å². The van der Waals surface area contributed by atoms with E-state index in [4.69, 9.17) is 6.42 Å². The summed E-state index contributed by atoms with van der Waals surface area (Å²) in [6, 6.07) is 6.33. The third-order valence-corrected chi connectivity index (χ3v) is 3.08. The molecule has 0 spiro atoms. The molecule has 0 atom stereocenters. The predicted molar refractivity (Wildman–Crippen MR) is 75.7 cm³/mol. The molecule has 0 amide bonds. The van der Waals surface area contributed by atoms with Gasteiger partial charge in [0, 0.05) is 6.07 Å². The maximum absolute atomic E-state index is 10.9. The molecular formula is C12H9N5O2S. The standard InChI is InChI=1S/C12H9N5O2S/c1-2-7-20-12-15-13-9-16(12)14-8-10-5-3-4-6-11(10)17(18)19/h1,3-6,8-9H,7H2/b14-8+. The zero-order valence-corrected chi connectivity index (χ0v) is 11.0. The van der Waals surface area contributed by atoms with Gasteiger partial charge in [0.05, 0.1) is 22.5 Å². The second kappa shape index (κ2) is 6.49. The van der Waals surface area contributed by atoms with Gasteiger partial charge in [-0.05, 0) is 6.07 Å². The van der Waals surface area contributed by atoms with Crippen molar-refractivity contribution in [3.05, 3.63) is 46.3 Å². The van der Waals surface area contributed by atoms with Gasteiger partial charge < -0.3 is 0 Å². The molecule has 1 heterocycles. The number of rotatable bonds is 5. The first-order valence-corrected chi connectivity index (χ1v) is 6.45. The third kappa shape index (κ3) is 3.21. The van der Waals surface area contributed by atoms with Gasteiger partial charge >= 0.3 is 0 Å². The molecule has 0 saturated carbocycles. The van der Waals surface area contributed by atoms with Gasteiger partial charge in [-0.2, -0.15) is 9.78 Å². The van der Waals surface area contributed by atoms with Crippen molar-refractivity contribution in [1.82, 2.24) is 14.9 Å². The summed E-state index contributed by atoms with van der Waals surface area (Å²) in [6.07, 6.45) is 7.97. The van der Waals surface area contributed by atoms with E-state index >= 15 is 0 Å². The minimum absolute atomic E-state index is 0.0119. The average molecular weight is 287 g/mol. The summed E-state index contributed by atoms with van der Waals surface area (Å²) in [7, 11) is 0. The van der Waals surface area contributed by atoms with Crippen LogP contribution in [-0.2, 0) is 0 Å². The maximum Gasteiger partial charge on any atom is 0.278 e. The number of thioether (sulfide) groups is 1. The van der Waals surface area contributed by atoms with Crippen LogP contribution in [0.25, 0.3) is 0 Å². The number of nitro benzene ring substituents is 1. The third-order valence-electron chi connectivity index (χ3n) is 2.24. The molecule has 7 nitrogen and oxygen atoms in total. The van der Waals surface area contributed by atoms with Gasteiger partial charge in [0.25, 0.3) is 5.69 Å². The summed E-state index contributed by atoms with van der Waals surface area (Å²) in [5.74, 6) is 2.92. The highest BCUT2D eigenvalue weighted by Crippen LogP contribution is 2.16. The molecule has 0 radical (unpaired) electrons. The Morgan fingerprint density at radius 2 is 2.35 bits per heavy atom. The van der Waals surface area contributed by atoms with Gasteiger partial charge in [0.2, 0.25) is 5.16 Å². The number of nitro groups is 1. The summed E-state index contributed by atoms with van der Waals surface area (Å²) < 4.78 is 1.42. The van der Waals surface area contributed by atoms with Gasteiger partial charge in [-0.15, -0.1) is 16.6 Å². The van der Waals surface area contributed by atoms with E-state index in [0.717, 1.165) is 0 Å². The van der Waals surface area contributed by atoms with Crippen molar-refractivity contribution in [1.29, 1.82) is 0 Å². The smallest absolute Gasteiger partial charge is 0.258 e. The van der Waals surface area contributed by atoms with Crippen molar-refractivity contribution in [2.45, 2.75) is 5.16 Å². The molecule has 0 bridgehead atoms. The minimum Gasteiger partial charge on any atom is -0.258 e. The number of aromatic nitrogens is 3. The van der Waals surface area contributed by atoms with Crippen molar-refractivity contribution >= 4 is 23.7 Å². The lowest BCUT2D eigenvalue weighted by Crippen LogP contribution is -1.96. The number of hydrogen-bond donors (Lipinski definition) is 0. The molecule has 0 N–H and O–H groups in total. The lowest BCUT2D eigenvalue weighted by Gasteiger charge is -1.98. The van der Waals surface area contributed by atoms with Crippen LogP contribution in [0, 0.1) is 22.5 Å². The Hall–Kier alpha value is -2.66. The largest absolute Gasteiger partial charge is 0.278 e. The lowest BCUT2D eigenvalue weighted by molar-refractivity contribution is -0.385. The Morgan fingerprint density at radius 1 is 1.55 bits per heavy atom. The van der Waals surface area contributed by atoms with E-state index in [0.29, 0.717) is 16.5 Å². The normalized spacial score (nSPS) is 10.6. The molecule has 0 aliphatic heterocycles. The van der Waals surface area contributed by atoms with E-state index < -0.39 is 4.92 Å². The number of terminal acetylenes is 1. The number of benzene rings is 1. The number of para-hydroxylation sites is 1. The highest BCUT2D eigenvalue weighted by atomic mass is 32.2. The molecule has 0 fully saturated rings. The SMILES string of the molecule is C#CCSc1nncn1/N=C/c1ccccc1[N+](=O)[O-]. The van der Waals surface area contributed by atoms with Crippen molar-refractivity contribution < 1.29 is 4.92 Å². The molecule has 8 heteroatoms. The molecule has 20 heavy (non-hydrogen) atoms. The van der Waals surface area contributed by atoms with Crippen LogP contribution in [0.3, 0.4) is 0 Å². The van der Waals surface area contributed by atoms with Gasteiger partial charge in [-0.1, -0.05) is 29.8 Å². The fourth-order valence-electron chi connectivity index (χ4n) is 1.39. The van der Waals surface area contributed by atoms with E-state index in [-0.39, 0.29) is 5.69 Å². The molecule has 0 aliphatic carbocycles. The van der Waals surface area contributed by atoms with Crippen LogP contribution in [0.15, 0.2) is 40.9 Å². The summed E-state index contributed by atoms with van der Waals surface area (Å²) in [6.45, 7) is 0. The van der Waals surface area contributed by atoms with Gasteiger partial charge in [-0.25, -0.2) is 0 Å². The van der Waals surface area contributed by atoms with Crippen LogP contribution in [-0.4, -0.2) is 31.8 Å². The highest BCUT2D eigenvalue weighted by molar-refractivity contribution is 7.99. The Bertz CT molecular complexity index is 689. The molecule has 100 valence electrons. The average Bonchev–Trinajstić information content (AvgIpc) is 2.90.